The molecule has 2 aromatic carbocycles. The molecular weight excluding hydrogens is 339 g/mol. The van der Waals surface area contributed by atoms with E-state index in [0.717, 1.165) is 5.56 Å². The van der Waals surface area contributed by atoms with Gasteiger partial charge in [0.25, 0.3) is 5.89 Å². The van der Waals surface area contributed by atoms with E-state index in [1.165, 1.54) is 18.2 Å². The molecule has 0 radical (unpaired) electrons. The van der Waals surface area contributed by atoms with Gasteiger partial charge in [0.15, 0.2) is 0 Å². The third-order valence-corrected chi connectivity index (χ3v) is 3.73. The lowest BCUT2D eigenvalue weighted by atomic mass is 10.1. The van der Waals surface area contributed by atoms with Gasteiger partial charge in [0.1, 0.15) is 11.6 Å². The third kappa shape index (κ3) is 2.67. The van der Waals surface area contributed by atoms with E-state index < -0.39 is 0 Å². The molecule has 0 atom stereocenters. The highest BCUT2D eigenvalue weighted by Gasteiger charge is 2.14. The maximum absolute atomic E-state index is 13.3. The first-order valence-corrected chi connectivity index (χ1v) is 6.93. The van der Waals surface area contributed by atoms with Gasteiger partial charge >= 0.3 is 0 Å². The molecule has 0 aliphatic carbocycles. The van der Waals surface area contributed by atoms with Crippen molar-refractivity contribution in [3.05, 3.63) is 52.3 Å². The zero-order chi connectivity index (χ0) is 15.0. The molecule has 0 unspecified atom stereocenters. The standard InChI is InChI=1S/C15H10BrFN2O2/c1-8-2-4-10(17)7-11(8)14-18-15(21-19-14)9-3-5-12(16)13(20)6-9/h2-7,20H,1H3. The topological polar surface area (TPSA) is 59.2 Å². The highest BCUT2D eigenvalue weighted by atomic mass is 79.9. The number of aromatic hydroxyl groups is 1. The molecule has 0 bridgehead atoms. The highest BCUT2D eigenvalue weighted by Crippen LogP contribution is 2.30. The molecule has 106 valence electrons. The van der Waals surface area contributed by atoms with Gasteiger partial charge in [-0.05, 0) is 58.7 Å². The quantitative estimate of drug-likeness (QED) is 0.749. The summed E-state index contributed by atoms with van der Waals surface area (Å²) < 4.78 is 19.1. The van der Waals surface area contributed by atoms with E-state index in [2.05, 4.69) is 26.1 Å². The molecule has 1 heterocycles. The minimum atomic E-state index is -0.358. The zero-order valence-corrected chi connectivity index (χ0v) is 12.6. The lowest BCUT2D eigenvalue weighted by Crippen LogP contribution is -1.87. The molecule has 1 N–H and O–H groups in total. The Hall–Kier alpha value is -2.21. The fraction of sp³-hybridized carbons (Fsp3) is 0.0667. The Balaban J connectivity index is 2.03. The second kappa shape index (κ2) is 5.29. The molecule has 0 aliphatic rings. The van der Waals surface area contributed by atoms with Crippen LogP contribution in [0, 0.1) is 12.7 Å². The summed E-state index contributed by atoms with van der Waals surface area (Å²) in [6.07, 6.45) is 0. The molecule has 0 saturated heterocycles. The number of aryl methyl sites for hydroxylation is 1. The highest BCUT2D eigenvalue weighted by molar-refractivity contribution is 9.10. The molecule has 0 saturated carbocycles. The van der Waals surface area contributed by atoms with E-state index in [1.54, 1.807) is 18.2 Å². The molecule has 0 fully saturated rings. The minimum Gasteiger partial charge on any atom is -0.507 e. The molecule has 6 heteroatoms. The summed E-state index contributed by atoms with van der Waals surface area (Å²) >= 11 is 3.20. The summed E-state index contributed by atoms with van der Waals surface area (Å²) in [5.41, 5.74) is 2.01. The number of halogens is 2. The Labute approximate surface area is 128 Å². The third-order valence-electron chi connectivity index (χ3n) is 3.06. The van der Waals surface area contributed by atoms with Crippen molar-refractivity contribution < 1.29 is 14.0 Å². The van der Waals surface area contributed by atoms with E-state index in [0.29, 0.717) is 21.4 Å². The van der Waals surface area contributed by atoms with Crippen LogP contribution in [0.25, 0.3) is 22.8 Å². The number of phenolic OH excluding ortho intramolecular Hbond substituents is 1. The lowest BCUT2D eigenvalue weighted by Gasteiger charge is -2.00. The van der Waals surface area contributed by atoms with E-state index in [4.69, 9.17) is 4.52 Å². The van der Waals surface area contributed by atoms with E-state index in [1.807, 2.05) is 6.92 Å². The fourth-order valence-electron chi connectivity index (χ4n) is 1.93. The predicted molar refractivity (Wildman–Crippen MR) is 79.2 cm³/mol. The van der Waals surface area contributed by atoms with Gasteiger partial charge in [0, 0.05) is 11.1 Å². The summed E-state index contributed by atoms with van der Waals surface area (Å²) in [7, 11) is 0. The fourth-order valence-corrected chi connectivity index (χ4v) is 2.18. The number of benzene rings is 2. The van der Waals surface area contributed by atoms with Crippen molar-refractivity contribution in [1.82, 2.24) is 10.1 Å². The SMILES string of the molecule is Cc1ccc(F)cc1-c1noc(-c2ccc(Br)c(O)c2)n1. The van der Waals surface area contributed by atoms with Gasteiger partial charge in [0.05, 0.1) is 4.47 Å². The first kappa shape index (κ1) is 13.8. The van der Waals surface area contributed by atoms with Gasteiger partial charge in [-0.25, -0.2) is 4.39 Å². The molecule has 0 aliphatic heterocycles. The first-order chi connectivity index (χ1) is 10.0. The Morgan fingerprint density at radius 1 is 1.19 bits per heavy atom. The van der Waals surface area contributed by atoms with Crippen molar-refractivity contribution in [1.29, 1.82) is 0 Å². The van der Waals surface area contributed by atoms with Crippen LogP contribution in [0.15, 0.2) is 45.4 Å². The lowest BCUT2D eigenvalue weighted by molar-refractivity contribution is 0.431. The second-order valence-electron chi connectivity index (χ2n) is 4.55. The van der Waals surface area contributed by atoms with E-state index >= 15 is 0 Å². The van der Waals surface area contributed by atoms with Crippen molar-refractivity contribution in [3.8, 4) is 28.6 Å². The molecule has 1 aromatic heterocycles. The zero-order valence-electron chi connectivity index (χ0n) is 11.0. The second-order valence-corrected chi connectivity index (χ2v) is 5.40. The van der Waals surface area contributed by atoms with Crippen LogP contribution in [-0.4, -0.2) is 15.2 Å². The largest absolute Gasteiger partial charge is 0.507 e. The van der Waals surface area contributed by atoms with Gasteiger partial charge < -0.3 is 9.63 Å². The smallest absolute Gasteiger partial charge is 0.258 e. The number of nitrogens with zero attached hydrogens (tertiary/aromatic N) is 2. The van der Waals surface area contributed by atoms with Crippen LogP contribution < -0.4 is 0 Å². The van der Waals surface area contributed by atoms with Crippen molar-refractivity contribution in [3.63, 3.8) is 0 Å². The molecule has 21 heavy (non-hydrogen) atoms. The van der Waals surface area contributed by atoms with Crippen LogP contribution in [0.3, 0.4) is 0 Å². The van der Waals surface area contributed by atoms with Crippen LogP contribution in [0.5, 0.6) is 5.75 Å². The number of aromatic nitrogens is 2. The Morgan fingerprint density at radius 3 is 2.76 bits per heavy atom. The van der Waals surface area contributed by atoms with Gasteiger partial charge in [-0.1, -0.05) is 11.2 Å². The van der Waals surface area contributed by atoms with Gasteiger partial charge in [0.2, 0.25) is 5.82 Å². The summed E-state index contributed by atoms with van der Waals surface area (Å²) in [6, 6.07) is 9.34. The number of hydrogen-bond donors (Lipinski definition) is 1. The van der Waals surface area contributed by atoms with Crippen molar-refractivity contribution in [2.75, 3.05) is 0 Å². The average molecular weight is 349 g/mol. The van der Waals surface area contributed by atoms with Gasteiger partial charge in [-0.15, -0.1) is 0 Å². The van der Waals surface area contributed by atoms with Crippen molar-refractivity contribution in [2.24, 2.45) is 0 Å². The Bertz CT molecular complexity index is 817. The van der Waals surface area contributed by atoms with Crippen LogP contribution in [0.1, 0.15) is 5.56 Å². The van der Waals surface area contributed by atoms with Crippen LogP contribution in [0.2, 0.25) is 0 Å². The molecule has 3 aromatic rings. The van der Waals surface area contributed by atoms with Crippen molar-refractivity contribution >= 4 is 15.9 Å². The first-order valence-electron chi connectivity index (χ1n) is 6.14. The van der Waals surface area contributed by atoms with Crippen LogP contribution >= 0.6 is 15.9 Å². The van der Waals surface area contributed by atoms with E-state index in [9.17, 15) is 9.50 Å². The number of phenols is 1. The van der Waals surface area contributed by atoms with Crippen LogP contribution in [0.4, 0.5) is 4.39 Å². The minimum absolute atomic E-state index is 0.0780. The average Bonchev–Trinajstić information content (AvgIpc) is 2.94. The predicted octanol–water partition coefficient (Wildman–Crippen LogP) is 4.32. The van der Waals surface area contributed by atoms with Gasteiger partial charge in [-0.3, -0.25) is 0 Å². The Morgan fingerprint density at radius 2 is 2.00 bits per heavy atom. The van der Waals surface area contributed by atoms with Gasteiger partial charge in [-0.2, -0.15) is 4.98 Å². The number of rotatable bonds is 2. The molecule has 0 amide bonds. The Kier molecular flexibility index (Phi) is 3.47. The molecular formula is C15H10BrFN2O2. The van der Waals surface area contributed by atoms with Crippen molar-refractivity contribution in [2.45, 2.75) is 6.92 Å². The summed E-state index contributed by atoms with van der Waals surface area (Å²) in [5.74, 6) is 0.290. The van der Waals surface area contributed by atoms with Crippen LogP contribution in [-0.2, 0) is 0 Å². The molecule has 4 nitrogen and oxygen atoms in total. The number of hydrogen-bond acceptors (Lipinski definition) is 4. The normalized spacial score (nSPS) is 10.8. The summed E-state index contributed by atoms with van der Waals surface area (Å²) in [5, 5.41) is 13.6. The maximum atomic E-state index is 13.3. The maximum Gasteiger partial charge on any atom is 0.258 e. The monoisotopic (exact) mass is 348 g/mol. The summed E-state index contributed by atoms with van der Waals surface area (Å²) in [4.78, 5) is 4.25. The molecule has 0 spiro atoms. The molecule has 3 rings (SSSR count). The van der Waals surface area contributed by atoms with E-state index in [-0.39, 0.29) is 17.5 Å². The summed E-state index contributed by atoms with van der Waals surface area (Å²) in [6.45, 7) is 1.84.